The molecule has 1 atom stereocenters. The van der Waals surface area contributed by atoms with Crippen molar-refractivity contribution >= 4 is 22.4 Å². The van der Waals surface area contributed by atoms with E-state index in [1.807, 2.05) is 5.38 Å². The lowest BCUT2D eigenvalue weighted by molar-refractivity contribution is -0.119. The van der Waals surface area contributed by atoms with Gasteiger partial charge in [0.05, 0.1) is 11.4 Å². The molecular weight excluding hydrogens is 312 g/mol. The average Bonchev–Trinajstić information content (AvgIpc) is 3.11. The van der Waals surface area contributed by atoms with Crippen LogP contribution in [0, 0.1) is 0 Å². The lowest BCUT2D eigenvalue weighted by Gasteiger charge is -2.14. The molecule has 0 aliphatic heterocycles. The quantitative estimate of drug-likeness (QED) is 0.933. The molecule has 6 nitrogen and oxygen atoms in total. The number of aromatic nitrogens is 3. The summed E-state index contributed by atoms with van der Waals surface area (Å²) in [6.45, 7) is 1.69. The third-order valence-corrected chi connectivity index (χ3v) is 5.25. The first-order chi connectivity index (χ1) is 11.1. The third kappa shape index (κ3) is 2.81. The van der Waals surface area contributed by atoms with Crippen molar-refractivity contribution in [2.75, 3.05) is 5.32 Å². The number of nitrogens with zero attached hydrogens (tertiary/aromatic N) is 3. The Morgan fingerprint density at radius 3 is 3.04 bits per heavy atom. The van der Waals surface area contributed by atoms with Crippen LogP contribution in [-0.2, 0) is 17.6 Å². The van der Waals surface area contributed by atoms with Crippen molar-refractivity contribution in [1.29, 1.82) is 0 Å². The van der Waals surface area contributed by atoms with Crippen molar-refractivity contribution in [3.63, 3.8) is 0 Å². The van der Waals surface area contributed by atoms with Crippen LogP contribution in [0.5, 0.6) is 0 Å². The number of rotatable bonds is 4. The second kappa shape index (κ2) is 5.56. The van der Waals surface area contributed by atoms with Gasteiger partial charge < -0.3 is 5.32 Å². The van der Waals surface area contributed by atoms with Crippen molar-refractivity contribution < 1.29 is 4.79 Å². The molecule has 1 saturated carbocycles. The molecule has 1 fully saturated rings. The second-order valence-electron chi connectivity index (χ2n) is 6.27. The van der Waals surface area contributed by atoms with E-state index in [0.29, 0.717) is 11.0 Å². The van der Waals surface area contributed by atoms with Crippen molar-refractivity contribution in [2.24, 2.45) is 0 Å². The number of carbonyl (C=O) groups is 1. The smallest absolute Gasteiger partial charge is 0.267 e. The van der Waals surface area contributed by atoms with Crippen molar-refractivity contribution in [3.05, 3.63) is 38.8 Å². The van der Waals surface area contributed by atoms with Gasteiger partial charge in [-0.3, -0.25) is 9.59 Å². The van der Waals surface area contributed by atoms with Gasteiger partial charge in [-0.15, -0.1) is 11.3 Å². The number of carbonyl (C=O) groups excluding carboxylic acids is 1. The zero-order valence-electron chi connectivity index (χ0n) is 12.9. The van der Waals surface area contributed by atoms with Crippen LogP contribution in [0.1, 0.15) is 55.1 Å². The Labute approximate surface area is 137 Å². The highest BCUT2D eigenvalue weighted by atomic mass is 32.1. The Kier molecular flexibility index (Phi) is 3.52. The topological polar surface area (TPSA) is 76.9 Å². The second-order valence-corrected chi connectivity index (χ2v) is 7.13. The first-order valence-corrected chi connectivity index (χ1v) is 8.87. The molecule has 2 heterocycles. The molecule has 1 amide bonds. The van der Waals surface area contributed by atoms with Crippen LogP contribution in [-0.4, -0.2) is 20.7 Å². The van der Waals surface area contributed by atoms with Gasteiger partial charge in [0, 0.05) is 17.4 Å². The number of amides is 1. The Morgan fingerprint density at radius 1 is 1.43 bits per heavy atom. The van der Waals surface area contributed by atoms with E-state index < -0.39 is 6.04 Å². The van der Waals surface area contributed by atoms with E-state index in [1.165, 1.54) is 28.9 Å². The lowest BCUT2D eigenvalue weighted by Crippen LogP contribution is -2.33. The van der Waals surface area contributed by atoms with Gasteiger partial charge in [0.1, 0.15) is 6.04 Å². The van der Waals surface area contributed by atoms with Gasteiger partial charge in [-0.05, 0) is 44.6 Å². The number of hydrogen-bond acceptors (Lipinski definition) is 5. The van der Waals surface area contributed by atoms with E-state index in [9.17, 15) is 9.59 Å². The maximum Gasteiger partial charge on any atom is 0.267 e. The van der Waals surface area contributed by atoms with Gasteiger partial charge in [-0.2, -0.15) is 5.10 Å². The van der Waals surface area contributed by atoms with Crippen molar-refractivity contribution in [1.82, 2.24) is 14.8 Å². The van der Waals surface area contributed by atoms with Crippen LogP contribution >= 0.6 is 11.3 Å². The summed E-state index contributed by atoms with van der Waals surface area (Å²) in [6, 6.07) is 0.968. The Morgan fingerprint density at radius 2 is 2.26 bits per heavy atom. The normalized spacial score (nSPS) is 17.8. The summed E-state index contributed by atoms with van der Waals surface area (Å²) in [5, 5.41) is 9.79. The molecule has 7 heteroatoms. The van der Waals surface area contributed by atoms with Crippen LogP contribution in [0.4, 0.5) is 5.13 Å². The number of nitrogens with one attached hydrogen (secondary N) is 1. The predicted octanol–water partition coefficient (Wildman–Crippen LogP) is 2.27. The fraction of sp³-hybridized carbons (Fsp3) is 0.500. The van der Waals surface area contributed by atoms with Crippen molar-refractivity contribution in [3.8, 4) is 0 Å². The van der Waals surface area contributed by atoms with Crippen molar-refractivity contribution in [2.45, 2.75) is 51.0 Å². The van der Waals surface area contributed by atoms with Crippen LogP contribution in [0.3, 0.4) is 0 Å². The molecular formula is C16H18N4O2S. The lowest BCUT2D eigenvalue weighted by atomic mass is 10.2. The first kappa shape index (κ1) is 14.6. The number of anilines is 1. The summed E-state index contributed by atoms with van der Waals surface area (Å²) in [5.41, 5.74) is 2.80. The van der Waals surface area contributed by atoms with E-state index in [0.717, 1.165) is 36.2 Å². The van der Waals surface area contributed by atoms with Crippen LogP contribution < -0.4 is 10.9 Å². The molecule has 0 bridgehead atoms. The number of fused-ring (bicyclic) bond motifs is 1. The Balaban J connectivity index is 1.52. The molecule has 0 radical (unpaired) electrons. The molecule has 1 N–H and O–H groups in total. The highest BCUT2D eigenvalue weighted by Crippen LogP contribution is 2.40. The molecule has 0 aromatic carbocycles. The molecule has 2 aromatic heterocycles. The highest BCUT2D eigenvalue weighted by molar-refractivity contribution is 7.13. The van der Waals surface area contributed by atoms with Gasteiger partial charge in [0.15, 0.2) is 5.13 Å². The summed E-state index contributed by atoms with van der Waals surface area (Å²) in [4.78, 5) is 29.0. The van der Waals surface area contributed by atoms with Gasteiger partial charge >= 0.3 is 0 Å². The Hall–Kier alpha value is -2.02. The molecule has 23 heavy (non-hydrogen) atoms. The van der Waals surface area contributed by atoms with Crippen LogP contribution in [0.25, 0.3) is 0 Å². The van der Waals surface area contributed by atoms with E-state index in [4.69, 9.17) is 0 Å². The average molecular weight is 330 g/mol. The van der Waals surface area contributed by atoms with Gasteiger partial charge in [-0.1, -0.05) is 0 Å². The molecule has 1 unspecified atom stereocenters. The number of hydrogen-bond donors (Lipinski definition) is 1. The molecule has 2 aliphatic rings. The molecule has 2 aromatic rings. The van der Waals surface area contributed by atoms with Crippen LogP contribution in [0.15, 0.2) is 16.2 Å². The summed E-state index contributed by atoms with van der Waals surface area (Å²) < 4.78 is 1.29. The zero-order valence-corrected chi connectivity index (χ0v) is 13.7. The van der Waals surface area contributed by atoms with Gasteiger partial charge in [0.25, 0.3) is 11.5 Å². The summed E-state index contributed by atoms with van der Waals surface area (Å²) >= 11 is 1.43. The molecule has 120 valence electrons. The summed E-state index contributed by atoms with van der Waals surface area (Å²) in [6.07, 6.45) is 5.17. The van der Waals surface area contributed by atoms with Gasteiger partial charge in [-0.25, -0.2) is 9.67 Å². The SMILES string of the molecule is CC(C(=O)Nc1nc(C2CC2)cs1)n1nc2c(cc1=O)CCC2. The molecule has 0 spiro atoms. The minimum absolute atomic E-state index is 0.217. The van der Waals surface area contributed by atoms with Gasteiger partial charge in [0.2, 0.25) is 0 Å². The van der Waals surface area contributed by atoms with E-state index in [1.54, 1.807) is 13.0 Å². The van der Waals surface area contributed by atoms with E-state index >= 15 is 0 Å². The summed E-state index contributed by atoms with van der Waals surface area (Å²) in [5.74, 6) is 0.310. The molecule has 4 rings (SSSR count). The molecule has 2 aliphatic carbocycles. The highest BCUT2D eigenvalue weighted by Gasteiger charge is 2.27. The van der Waals surface area contributed by atoms with E-state index in [-0.39, 0.29) is 11.5 Å². The summed E-state index contributed by atoms with van der Waals surface area (Å²) in [7, 11) is 0. The van der Waals surface area contributed by atoms with E-state index in [2.05, 4.69) is 15.4 Å². The van der Waals surface area contributed by atoms with Crippen LogP contribution in [0.2, 0.25) is 0 Å². The minimum atomic E-state index is -0.651. The fourth-order valence-corrected chi connectivity index (χ4v) is 3.72. The fourth-order valence-electron chi connectivity index (χ4n) is 2.92. The largest absolute Gasteiger partial charge is 0.300 e. The monoisotopic (exact) mass is 330 g/mol. The number of aryl methyl sites for hydroxylation is 2. The number of thiazole rings is 1. The third-order valence-electron chi connectivity index (χ3n) is 4.48. The molecule has 0 saturated heterocycles. The first-order valence-electron chi connectivity index (χ1n) is 8.00. The maximum absolute atomic E-state index is 12.4. The zero-order chi connectivity index (χ0) is 16.0. The Bertz CT molecular complexity index is 822. The minimum Gasteiger partial charge on any atom is -0.300 e. The standard InChI is InChI=1S/C16H18N4O2S/c1-9(20-14(21)7-11-3-2-4-12(11)19-20)15(22)18-16-17-13(8-23-16)10-5-6-10/h7-10H,2-6H2,1H3,(H,17,18,22). The maximum atomic E-state index is 12.4. The predicted molar refractivity (Wildman–Crippen MR) is 88.0 cm³/mol.